The summed E-state index contributed by atoms with van der Waals surface area (Å²) in [4.78, 5) is 28.4. The number of aliphatic carboxylic acids is 1. The maximum Gasteiger partial charge on any atom is 0.418 e. The first kappa shape index (κ1) is 26.1. The lowest BCUT2D eigenvalue weighted by molar-refractivity contribution is -0.142. The van der Waals surface area contributed by atoms with Gasteiger partial charge in [-0.2, -0.15) is 24.9 Å². The van der Waals surface area contributed by atoms with Gasteiger partial charge in [-0.05, 0) is 74.2 Å². The van der Waals surface area contributed by atoms with Crippen LogP contribution >= 0.6 is 11.8 Å². The second-order valence-electron chi connectivity index (χ2n) is 8.51. The quantitative estimate of drug-likeness (QED) is 0.402. The van der Waals surface area contributed by atoms with Crippen molar-refractivity contribution in [1.29, 1.82) is 0 Å². The highest BCUT2D eigenvalue weighted by atomic mass is 32.2. The predicted octanol–water partition coefficient (Wildman–Crippen LogP) is 6.48. The Balaban J connectivity index is 1.79. The maximum atomic E-state index is 14.0. The van der Waals surface area contributed by atoms with Gasteiger partial charge >= 0.3 is 12.1 Å². The molecule has 0 fully saturated rings. The highest BCUT2D eigenvalue weighted by molar-refractivity contribution is 7.98. The number of thioether (sulfide) groups is 1. The topological polar surface area (TPSA) is 79.9 Å². The van der Waals surface area contributed by atoms with E-state index in [1.54, 1.807) is 23.9 Å². The van der Waals surface area contributed by atoms with E-state index < -0.39 is 23.6 Å². The Morgan fingerprint density at radius 1 is 1.32 bits per heavy atom. The highest BCUT2D eigenvalue weighted by Gasteiger charge is 2.38. The molecule has 0 amide bonds. The van der Waals surface area contributed by atoms with Crippen molar-refractivity contribution in [1.82, 2.24) is 0 Å². The van der Waals surface area contributed by atoms with Gasteiger partial charge < -0.3 is 9.52 Å². The number of carbonyl (C=O) groups is 2. The summed E-state index contributed by atoms with van der Waals surface area (Å²) in [7, 11) is 0. The van der Waals surface area contributed by atoms with E-state index in [1.165, 1.54) is 18.6 Å². The van der Waals surface area contributed by atoms with Crippen molar-refractivity contribution in [3.8, 4) is 0 Å². The Kier molecular flexibility index (Phi) is 8.99. The minimum Gasteiger partial charge on any atom is -0.481 e. The SMILES string of the molecule is CSCCC(CCCC(=O)C1=NC2=CC(CCC=C(c3ccoc3)/C=C\2C(F)(F)F)C1)C(=O)O. The second-order valence-corrected chi connectivity index (χ2v) is 9.50. The lowest BCUT2D eigenvalue weighted by Crippen LogP contribution is -2.24. The van der Waals surface area contributed by atoms with Crippen molar-refractivity contribution in [2.75, 3.05) is 12.0 Å². The molecule has 0 spiro atoms. The Morgan fingerprint density at radius 2 is 2.12 bits per heavy atom. The number of alkyl halides is 3. The molecule has 0 saturated carbocycles. The third-order valence-corrected chi connectivity index (χ3v) is 6.68. The zero-order valence-electron chi connectivity index (χ0n) is 18.9. The van der Waals surface area contributed by atoms with Crippen molar-refractivity contribution in [3.63, 3.8) is 0 Å². The van der Waals surface area contributed by atoms with E-state index in [9.17, 15) is 27.9 Å². The smallest absolute Gasteiger partial charge is 0.418 e. The fraction of sp³-hybridized carbons (Fsp3) is 0.480. The third-order valence-electron chi connectivity index (χ3n) is 6.04. The van der Waals surface area contributed by atoms with Crippen LogP contribution in [0.15, 0.2) is 57.5 Å². The number of hydrogen-bond acceptors (Lipinski definition) is 5. The summed E-state index contributed by atoms with van der Waals surface area (Å²) in [5.74, 6) is -1.24. The number of rotatable bonds is 10. The number of carboxylic acid groups (broad SMARTS) is 1. The zero-order valence-corrected chi connectivity index (χ0v) is 19.8. The van der Waals surface area contributed by atoms with Gasteiger partial charge in [-0.15, -0.1) is 0 Å². The minimum atomic E-state index is -4.65. The normalized spacial score (nSPS) is 21.1. The van der Waals surface area contributed by atoms with Crippen LogP contribution in [0.4, 0.5) is 13.2 Å². The summed E-state index contributed by atoms with van der Waals surface area (Å²) in [6.45, 7) is 0. The zero-order chi connectivity index (χ0) is 24.7. The lowest BCUT2D eigenvalue weighted by Gasteiger charge is -2.22. The largest absolute Gasteiger partial charge is 0.481 e. The summed E-state index contributed by atoms with van der Waals surface area (Å²) >= 11 is 1.56. The number of carbonyl (C=O) groups excluding carboxylic acids is 1. The van der Waals surface area contributed by atoms with Gasteiger partial charge in [0.15, 0.2) is 5.78 Å². The number of allylic oxidation sites excluding steroid dienone is 5. The summed E-state index contributed by atoms with van der Waals surface area (Å²) in [5, 5.41) is 9.35. The molecule has 184 valence electrons. The molecule has 0 saturated heterocycles. The molecule has 0 aromatic carbocycles. The highest BCUT2D eigenvalue weighted by Crippen LogP contribution is 2.39. The van der Waals surface area contributed by atoms with Crippen molar-refractivity contribution in [3.05, 3.63) is 53.7 Å². The Morgan fingerprint density at radius 3 is 2.76 bits per heavy atom. The number of halogens is 3. The fourth-order valence-corrected chi connectivity index (χ4v) is 4.69. The summed E-state index contributed by atoms with van der Waals surface area (Å²) in [6, 6.07) is 1.61. The molecule has 3 rings (SSSR count). The molecule has 2 atom stereocenters. The molecule has 9 heteroatoms. The molecule has 34 heavy (non-hydrogen) atoms. The third kappa shape index (κ3) is 6.98. The molecule has 0 radical (unpaired) electrons. The van der Waals surface area contributed by atoms with Crippen molar-refractivity contribution >= 4 is 34.8 Å². The fourth-order valence-electron chi connectivity index (χ4n) is 4.17. The second kappa shape index (κ2) is 11.7. The number of carboxylic acids is 1. The first-order chi connectivity index (χ1) is 16.2. The number of Topliss-reactive ketones (excluding diaryl/α,β-unsaturated/α-hetero) is 1. The average Bonchev–Trinajstić information content (AvgIpc) is 3.32. The van der Waals surface area contributed by atoms with Crippen molar-refractivity contribution in [2.45, 2.75) is 51.1 Å². The van der Waals surface area contributed by atoms with E-state index in [-0.39, 0.29) is 36.0 Å². The van der Waals surface area contributed by atoms with E-state index >= 15 is 0 Å². The molecule has 1 aromatic rings. The van der Waals surface area contributed by atoms with E-state index in [0.717, 1.165) is 11.8 Å². The van der Waals surface area contributed by atoms with Crippen LogP contribution in [0.25, 0.3) is 5.57 Å². The van der Waals surface area contributed by atoms with Crippen molar-refractivity contribution < 1.29 is 32.3 Å². The van der Waals surface area contributed by atoms with Gasteiger partial charge in [0.1, 0.15) is 0 Å². The molecule has 2 aliphatic rings. The van der Waals surface area contributed by atoms with Crippen LogP contribution in [0.2, 0.25) is 0 Å². The lowest BCUT2D eigenvalue weighted by atomic mass is 9.89. The summed E-state index contributed by atoms with van der Waals surface area (Å²) < 4.78 is 47.1. The van der Waals surface area contributed by atoms with Crippen LogP contribution in [0.1, 0.15) is 50.5 Å². The molecule has 2 bridgehead atoms. The van der Waals surface area contributed by atoms with Crippen molar-refractivity contribution in [2.24, 2.45) is 16.8 Å². The van der Waals surface area contributed by atoms with E-state index in [4.69, 9.17) is 4.42 Å². The number of furan rings is 1. The molecule has 2 heterocycles. The van der Waals surface area contributed by atoms with Gasteiger partial charge in [0, 0.05) is 12.0 Å². The van der Waals surface area contributed by atoms with Gasteiger partial charge in [-0.1, -0.05) is 12.2 Å². The Labute approximate surface area is 200 Å². The van der Waals surface area contributed by atoms with Crippen LogP contribution in [0, 0.1) is 11.8 Å². The Bertz CT molecular complexity index is 1010. The Hall–Kier alpha value is -2.55. The van der Waals surface area contributed by atoms with E-state index in [1.807, 2.05) is 6.26 Å². The first-order valence-corrected chi connectivity index (χ1v) is 12.6. The molecule has 2 unspecified atom stereocenters. The molecule has 1 aliphatic carbocycles. The molecule has 1 aliphatic heterocycles. The van der Waals surface area contributed by atoms with Gasteiger partial charge in [-0.3, -0.25) is 9.59 Å². The number of fused-ring (bicyclic) bond motifs is 1. The number of ketones is 1. The van der Waals surface area contributed by atoms with Gasteiger partial charge in [0.05, 0.1) is 35.4 Å². The van der Waals surface area contributed by atoms with E-state index in [2.05, 4.69) is 4.99 Å². The summed E-state index contributed by atoms with van der Waals surface area (Å²) in [5.41, 5.74) is -0.0249. The molecule has 1 N–H and O–H groups in total. The van der Waals surface area contributed by atoms with Gasteiger partial charge in [-0.25, -0.2) is 4.99 Å². The van der Waals surface area contributed by atoms with Gasteiger partial charge in [0.25, 0.3) is 0 Å². The average molecular weight is 496 g/mol. The van der Waals surface area contributed by atoms with Crippen LogP contribution in [-0.4, -0.2) is 40.8 Å². The summed E-state index contributed by atoms with van der Waals surface area (Å²) in [6.07, 6.45) is 7.15. The van der Waals surface area contributed by atoms with E-state index in [0.29, 0.717) is 43.2 Å². The van der Waals surface area contributed by atoms with Crippen LogP contribution in [0.3, 0.4) is 0 Å². The first-order valence-electron chi connectivity index (χ1n) is 11.3. The van der Waals surface area contributed by atoms with Crippen LogP contribution in [0.5, 0.6) is 0 Å². The van der Waals surface area contributed by atoms with Crippen LogP contribution < -0.4 is 0 Å². The standard InChI is InChI=1S/C25H28F3NO4S/c1-34-11-9-17(24(31)32)5-3-7-23(30)22-13-16-4-2-6-18(19-8-10-33-15-19)14-20(25(26,27)28)21(12-16)29-22/h6,8,10,12,14-17H,2-5,7,9,11,13H2,1H3,(H,31,32)/b18-6?,20-14+. The molecule has 1 aromatic heterocycles. The predicted molar refractivity (Wildman–Crippen MR) is 127 cm³/mol. The van der Waals surface area contributed by atoms with Crippen LogP contribution in [-0.2, 0) is 9.59 Å². The molecular weight excluding hydrogens is 467 g/mol. The molecular formula is C25H28F3NO4S. The number of hydrogen-bond donors (Lipinski definition) is 1. The maximum absolute atomic E-state index is 14.0. The number of nitrogens with zero attached hydrogens (tertiary/aromatic N) is 1. The number of aliphatic imine (C=N–C) groups is 1. The monoisotopic (exact) mass is 495 g/mol. The molecule has 5 nitrogen and oxygen atoms in total. The van der Waals surface area contributed by atoms with Gasteiger partial charge in [0.2, 0.25) is 0 Å². The minimum absolute atomic E-state index is 0.0749.